The highest BCUT2D eigenvalue weighted by atomic mass is 35.5. The van der Waals surface area contributed by atoms with E-state index in [1.54, 1.807) is 29.2 Å². The standard InChI is InChI=1S/C20H14ClFN2O/c21-13-5-11-16(12-6-13)24-19(23-15-9-7-14(22)8-10-15)17-3-1-2-4-18(17)20(24)25/h1-12,19,23H/t19-/m0/s1. The largest absolute Gasteiger partial charge is 0.361 e. The van der Waals surface area contributed by atoms with Crippen molar-refractivity contribution >= 4 is 28.9 Å². The van der Waals surface area contributed by atoms with Crippen LogP contribution in [-0.4, -0.2) is 5.91 Å². The Labute approximate surface area is 149 Å². The van der Waals surface area contributed by atoms with E-state index in [0.717, 1.165) is 16.9 Å². The quantitative estimate of drug-likeness (QED) is 0.698. The van der Waals surface area contributed by atoms with Crippen molar-refractivity contribution in [1.29, 1.82) is 0 Å². The van der Waals surface area contributed by atoms with Crippen molar-refractivity contribution in [2.24, 2.45) is 0 Å². The highest BCUT2D eigenvalue weighted by Crippen LogP contribution is 2.38. The number of hydrogen-bond acceptors (Lipinski definition) is 2. The first-order valence-electron chi connectivity index (χ1n) is 7.83. The number of amides is 1. The molecule has 1 N–H and O–H groups in total. The number of nitrogens with one attached hydrogen (secondary N) is 1. The number of fused-ring (bicyclic) bond motifs is 1. The van der Waals surface area contributed by atoms with Crippen molar-refractivity contribution in [1.82, 2.24) is 0 Å². The van der Waals surface area contributed by atoms with Gasteiger partial charge in [0.25, 0.3) is 5.91 Å². The fourth-order valence-corrected chi connectivity index (χ4v) is 3.16. The van der Waals surface area contributed by atoms with E-state index in [0.29, 0.717) is 10.6 Å². The molecule has 0 radical (unpaired) electrons. The predicted molar refractivity (Wildman–Crippen MR) is 97.5 cm³/mol. The van der Waals surface area contributed by atoms with Crippen LogP contribution in [0.4, 0.5) is 15.8 Å². The van der Waals surface area contributed by atoms with E-state index in [4.69, 9.17) is 11.6 Å². The molecule has 1 heterocycles. The van der Waals surface area contributed by atoms with Crippen molar-refractivity contribution < 1.29 is 9.18 Å². The smallest absolute Gasteiger partial charge is 0.260 e. The van der Waals surface area contributed by atoms with Gasteiger partial charge in [0, 0.05) is 27.5 Å². The van der Waals surface area contributed by atoms with Crippen molar-refractivity contribution in [3.63, 3.8) is 0 Å². The normalized spacial score (nSPS) is 16.0. The van der Waals surface area contributed by atoms with Gasteiger partial charge in [-0.05, 0) is 54.6 Å². The Hall–Kier alpha value is -2.85. The molecule has 4 rings (SSSR count). The number of nitrogens with zero attached hydrogens (tertiary/aromatic N) is 1. The minimum Gasteiger partial charge on any atom is -0.361 e. The molecule has 0 bridgehead atoms. The third-order valence-corrected chi connectivity index (χ3v) is 4.47. The number of carbonyl (C=O) groups is 1. The highest BCUT2D eigenvalue weighted by Gasteiger charge is 2.37. The molecule has 25 heavy (non-hydrogen) atoms. The number of hydrogen-bond donors (Lipinski definition) is 1. The van der Waals surface area contributed by atoms with Crippen molar-refractivity contribution in [3.8, 4) is 0 Å². The van der Waals surface area contributed by atoms with Crippen LogP contribution in [0.5, 0.6) is 0 Å². The summed E-state index contributed by atoms with van der Waals surface area (Å²) in [5.41, 5.74) is 3.00. The van der Waals surface area contributed by atoms with Gasteiger partial charge in [0.2, 0.25) is 0 Å². The van der Waals surface area contributed by atoms with Crippen LogP contribution in [0.25, 0.3) is 0 Å². The first kappa shape index (κ1) is 15.7. The Bertz CT molecular complexity index is 925. The molecule has 1 atom stereocenters. The molecule has 0 aliphatic carbocycles. The average molecular weight is 353 g/mol. The van der Waals surface area contributed by atoms with Crippen LogP contribution in [0, 0.1) is 5.82 Å². The van der Waals surface area contributed by atoms with E-state index in [1.165, 1.54) is 12.1 Å². The highest BCUT2D eigenvalue weighted by molar-refractivity contribution is 6.30. The van der Waals surface area contributed by atoms with Gasteiger partial charge in [0.05, 0.1) is 0 Å². The van der Waals surface area contributed by atoms with E-state index in [2.05, 4.69) is 5.32 Å². The van der Waals surface area contributed by atoms with Crippen LogP contribution >= 0.6 is 11.6 Å². The van der Waals surface area contributed by atoms with E-state index in [9.17, 15) is 9.18 Å². The van der Waals surface area contributed by atoms with Gasteiger partial charge in [-0.1, -0.05) is 29.8 Å². The summed E-state index contributed by atoms with van der Waals surface area (Å²) in [6, 6.07) is 20.7. The van der Waals surface area contributed by atoms with E-state index in [1.807, 2.05) is 36.4 Å². The van der Waals surface area contributed by atoms with E-state index >= 15 is 0 Å². The second-order valence-electron chi connectivity index (χ2n) is 5.79. The molecule has 5 heteroatoms. The Morgan fingerprint density at radius 2 is 1.60 bits per heavy atom. The number of carbonyl (C=O) groups excluding carboxylic acids is 1. The number of benzene rings is 3. The zero-order valence-corrected chi connectivity index (χ0v) is 13.9. The zero-order valence-electron chi connectivity index (χ0n) is 13.1. The van der Waals surface area contributed by atoms with Crippen LogP contribution in [0.2, 0.25) is 5.02 Å². The van der Waals surface area contributed by atoms with Crippen LogP contribution < -0.4 is 10.2 Å². The summed E-state index contributed by atoms with van der Waals surface area (Å²) in [7, 11) is 0. The molecule has 0 unspecified atom stereocenters. The van der Waals surface area contributed by atoms with Crippen LogP contribution in [0.3, 0.4) is 0 Å². The monoisotopic (exact) mass is 352 g/mol. The van der Waals surface area contributed by atoms with Crippen molar-refractivity contribution in [3.05, 3.63) is 94.8 Å². The van der Waals surface area contributed by atoms with Gasteiger partial charge in [-0.15, -0.1) is 0 Å². The molecule has 0 saturated heterocycles. The predicted octanol–water partition coefficient (Wildman–Crippen LogP) is 5.25. The molecule has 1 aliphatic rings. The lowest BCUT2D eigenvalue weighted by Crippen LogP contribution is -2.32. The molecule has 3 nitrogen and oxygen atoms in total. The van der Waals surface area contributed by atoms with Crippen LogP contribution in [-0.2, 0) is 0 Å². The summed E-state index contributed by atoms with van der Waals surface area (Å²) >= 11 is 5.97. The SMILES string of the molecule is O=C1c2ccccc2[C@@H](Nc2ccc(F)cc2)N1c1ccc(Cl)cc1. The lowest BCUT2D eigenvalue weighted by molar-refractivity contribution is 0.0993. The molecule has 3 aromatic rings. The molecule has 1 aliphatic heterocycles. The number of halogens is 2. The average Bonchev–Trinajstić information content (AvgIpc) is 2.90. The lowest BCUT2D eigenvalue weighted by atomic mass is 10.1. The molecular weight excluding hydrogens is 339 g/mol. The molecule has 0 aromatic heterocycles. The summed E-state index contributed by atoms with van der Waals surface area (Å²) in [6.45, 7) is 0. The maximum Gasteiger partial charge on any atom is 0.260 e. The van der Waals surface area contributed by atoms with E-state index in [-0.39, 0.29) is 17.9 Å². The summed E-state index contributed by atoms with van der Waals surface area (Å²) in [5.74, 6) is -0.388. The fourth-order valence-electron chi connectivity index (χ4n) is 3.03. The molecule has 1 amide bonds. The van der Waals surface area contributed by atoms with Crippen molar-refractivity contribution in [2.75, 3.05) is 10.2 Å². The Morgan fingerprint density at radius 1 is 0.920 bits per heavy atom. The maximum atomic E-state index is 13.2. The summed E-state index contributed by atoms with van der Waals surface area (Å²) in [5, 5.41) is 3.93. The van der Waals surface area contributed by atoms with Crippen LogP contribution in [0.15, 0.2) is 72.8 Å². The molecule has 0 saturated carbocycles. The van der Waals surface area contributed by atoms with Crippen molar-refractivity contribution in [2.45, 2.75) is 6.17 Å². The van der Waals surface area contributed by atoms with Gasteiger partial charge in [-0.2, -0.15) is 0 Å². The summed E-state index contributed by atoms with van der Waals surface area (Å²) in [4.78, 5) is 14.6. The molecule has 124 valence electrons. The minimum absolute atomic E-state index is 0.0856. The first-order valence-corrected chi connectivity index (χ1v) is 8.21. The Kier molecular flexibility index (Phi) is 3.90. The third-order valence-electron chi connectivity index (χ3n) is 4.22. The van der Waals surface area contributed by atoms with Gasteiger partial charge in [-0.3, -0.25) is 9.69 Å². The van der Waals surface area contributed by atoms with Crippen LogP contribution in [0.1, 0.15) is 22.1 Å². The second-order valence-corrected chi connectivity index (χ2v) is 6.23. The molecule has 0 fully saturated rings. The van der Waals surface area contributed by atoms with Gasteiger partial charge in [0.15, 0.2) is 0 Å². The van der Waals surface area contributed by atoms with Gasteiger partial charge in [0.1, 0.15) is 12.0 Å². The second kappa shape index (κ2) is 6.22. The molecular formula is C20H14ClFN2O. The van der Waals surface area contributed by atoms with Gasteiger partial charge < -0.3 is 5.32 Å². The molecule has 0 spiro atoms. The number of rotatable bonds is 3. The summed E-state index contributed by atoms with van der Waals surface area (Å²) in [6.07, 6.45) is -0.379. The topological polar surface area (TPSA) is 32.3 Å². The maximum absolute atomic E-state index is 13.2. The Balaban J connectivity index is 1.77. The zero-order chi connectivity index (χ0) is 17.4. The Morgan fingerprint density at radius 3 is 2.32 bits per heavy atom. The van der Waals surface area contributed by atoms with E-state index < -0.39 is 0 Å². The third kappa shape index (κ3) is 2.85. The lowest BCUT2D eigenvalue weighted by Gasteiger charge is -2.27. The first-order chi connectivity index (χ1) is 12.1. The molecule has 3 aromatic carbocycles. The van der Waals surface area contributed by atoms with Gasteiger partial charge in [-0.25, -0.2) is 4.39 Å². The number of anilines is 2. The minimum atomic E-state index is -0.379. The fraction of sp³-hybridized carbons (Fsp3) is 0.0500. The summed E-state index contributed by atoms with van der Waals surface area (Å²) < 4.78 is 13.2. The van der Waals surface area contributed by atoms with Gasteiger partial charge >= 0.3 is 0 Å².